The van der Waals surface area contributed by atoms with E-state index in [4.69, 9.17) is 5.73 Å². The van der Waals surface area contributed by atoms with Gasteiger partial charge in [-0.3, -0.25) is 0 Å². The van der Waals surface area contributed by atoms with Gasteiger partial charge in [-0.15, -0.1) is 5.10 Å². The molecule has 3 aromatic rings. The normalized spacial score (nSPS) is 10.8. The van der Waals surface area contributed by atoms with Gasteiger partial charge in [0, 0.05) is 17.5 Å². The van der Waals surface area contributed by atoms with E-state index < -0.39 is 0 Å². The van der Waals surface area contributed by atoms with Crippen LogP contribution in [-0.4, -0.2) is 30.3 Å². The molecular formula is C14H15N7. The van der Waals surface area contributed by atoms with Crippen LogP contribution in [0.1, 0.15) is 19.5 Å². The summed E-state index contributed by atoms with van der Waals surface area (Å²) in [6, 6.07) is 1.92. The van der Waals surface area contributed by atoms with Crippen molar-refractivity contribution in [1.29, 1.82) is 0 Å². The van der Waals surface area contributed by atoms with E-state index in [2.05, 4.69) is 25.0 Å². The van der Waals surface area contributed by atoms with Crippen LogP contribution in [0.15, 0.2) is 29.6 Å². The molecule has 7 nitrogen and oxygen atoms in total. The van der Waals surface area contributed by atoms with Crippen LogP contribution in [0.4, 0.5) is 11.8 Å². The summed E-state index contributed by atoms with van der Waals surface area (Å²) in [7, 11) is 0. The monoisotopic (exact) mass is 281 g/mol. The Hall–Kier alpha value is -2.83. The lowest BCUT2D eigenvalue weighted by molar-refractivity contribution is 0.917. The summed E-state index contributed by atoms with van der Waals surface area (Å²) in [6.07, 6.45) is 5.21. The summed E-state index contributed by atoms with van der Waals surface area (Å²) in [6.45, 7) is 5.75. The summed E-state index contributed by atoms with van der Waals surface area (Å²) >= 11 is 0. The molecule has 0 aromatic carbocycles. The van der Waals surface area contributed by atoms with Gasteiger partial charge in [0.15, 0.2) is 5.82 Å². The fourth-order valence-corrected chi connectivity index (χ4v) is 2.06. The number of hydrogen-bond donors (Lipinski definition) is 1. The van der Waals surface area contributed by atoms with Crippen LogP contribution in [0.5, 0.6) is 0 Å². The standard InChI is InChI=1S/C14H15N7/c1-8(2)18-13-9(3)19-11(6-16-13)10-4-5-21-12(10)7-17-14(15)20-21/h4-7H,1-3H3,(H2,15,20). The number of nitrogens with zero attached hydrogens (tertiary/aromatic N) is 6. The largest absolute Gasteiger partial charge is 0.367 e. The Balaban J connectivity index is 2.11. The Labute approximate surface area is 121 Å². The van der Waals surface area contributed by atoms with Crippen molar-refractivity contribution in [1.82, 2.24) is 24.6 Å². The molecule has 0 saturated carbocycles. The Morgan fingerprint density at radius 3 is 2.76 bits per heavy atom. The van der Waals surface area contributed by atoms with Gasteiger partial charge in [-0.05, 0) is 26.8 Å². The van der Waals surface area contributed by atoms with Crippen molar-refractivity contribution in [3.63, 3.8) is 0 Å². The van der Waals surface area contributed by atoms with Gasteiger partial charge in [-0.1, -0.05) is 0 Å². The van der Waals surface area contributed by atoms with Gasteiger partial charge in [0.25, 0.3) is 0 Å². The van der Waals surface area contributed by atoms with Crippen LogP contribution in [0.3, 0.4) is 0 Å². The first-order valence-electron chi connectivity index (χ1n) is 6.50. The molecule has 21 heavy (non-hydrogen) atoms. The number of anilines is 1. The second-order valence-electron chi connectivity index (χ2n) is 4.90. The highest BCUT2D eigenvalue weighted by Gasteiger charge is 2.10. The first kappa shape index (κ1) is 13.2. The molecule has 0 fully saturated rings. The van der Waals surface area contributed by atoms with Crippen molar-refractivity contribution < 1.29 is 0 Å². The number of aryl methyl sites for hydroxylation is 1. The van der Waals surface area contributed by atoms with Crippen molar-refractivity contribution in [2.75, 3.05) is 5.73 Å². The third-order valence-electron chi connectivity index (χ3n) is 2.96. The van der Waals surface area contributed by atoms with Gasteiger partial charge < -0.3 is 5.73 Å². The number of fused-ring (bicyclic) bond motifs is 1. The minimum absolute atomic E-state index is 0.232. The summed E-state index contributed by atoms with van der Waals surface area (Å²) in [4.78, 5) is 17.3. The smallest absolute Gasteiger partial charge is 0.238 e. The fraction of sp³-hybridized carbons (Fsp3) is 0.214. The van der Waals surface area contributed by atoms with E-state index in [-0.39, 0.29) is 5.95 Å². The van der Waals surface area contributed by atoms with Crippen LogP contribution in [0.2, 0.25) is 0 Å². The molecule has 0 aliphatic carbocycles. The molecule has 0 spiro atoms. The molecule has 0 unspecified atom stereocenters. The molecule has 7 heteroatoms. The Kier molecular flexibility index (Phi) is 3.09. The Morgan fingerprint density at radius 2 is 2.05 bits per heavy atom. The summed E-state index contributed by atoms with van der Waals surface area (Å²) in [5.74, 6) is 0.873. The maximum Gasteiger partial charge on any atom is 0.238 e. The van der Waals surface area contributed by atoms with E-state index >= 15 is 0 Å². The molecule has 3 rings (SSSR count). The van der Waals surface area contributed by atoms with Crippen LogP contribution >= 0.6 is 0 Å². The van der Waals surface area contributed by atoms with Crippen molar-refractivity contribution in [2.45, 2.75) is 20.8 Å². The van der Waals surface area contributed by atoms with Gasteiger partial charge in [0.1, 0.15) is 0 Å². The second-order valence-corrected chi connectivity index (χ2v) is 4.90. The van der Waals surface area contributed by atoms with Crippen molar-refractivity contribution in [3.8, 4) is 11.3 Å². The van der Waals surface area contributed by atoms with Gasteiger partial charge in [0.2, 0.25) is 5.95 Å². The van der Waals surface area contributed by atoms with Crippen LogP contribution in [-0.2, 0) is 0 Å². The lowest BCUT2D eigenvalue weighted by Gasteiger charge is -2.03. The molecule has 3 heterocycles. The number of nitrogen functional groups attached to an aromatic ring is 1. The molecular weight excluding hydrogens is 266 g/mol. The van der Waals surface area contributed by atoms with Crippen molar-refractivity contribution >= 4 is 23.0 Å². The molecule has 0 bridgehead atoms. The van der Waals surface area contributed by atoms with Gasteiger partial charge in [0.05, 0.1) is 29.3 Å². The van der Waals surface area contributed by atoms with Gasteiger partial charge >= 0.3 is 0 Å². The quantitative estimate of drug-likeness (QED) is 0.726. The molecule has 2 N–H and O–H groups in total. The van der Waals surface area contributed by atoms with E-state index in [1.165, 1.54) is 0 Å². The molecule has 0 saturated heterocycles. The van der Waals surface area contributed by atoms with E-state index in [1.807, 2.05) is 33.0 Å². The molecule has 0 aliphatic heterocycles. The highest BCUT2D eigenvalue weighted by atomic mass is 15.3. The summed E-state index contributed by atoms with van der Waals surface area (Å²) in [5, 5.41) is 4.11. The van der Waals surface area contributed by atoms with Crippen LogP contribution < -0.4 is 5.73 Å². The third-order valence-corrected chi connectivity index (χ3v) is 2.96. The van der Waals surface area contributed by atoms with E-state index in [9.17, 15) is 0 Å². The summed E-state index contributed by atoms with van der Waals surface area (Å²) < 4.78 is 1.68. The zero-order chi connectivity index (χ0) is 15.0. The molecule has 0 atom stereocenters. The number of rotatable bonds is 2. The van der Waals surface area contributed by atoms with Gasteiger partial charge in [-0.2, -0.15) is 0 Å². The topological polar surface area (TPSA) is 94.3 Å². The van der Waals surface area contributed by atoms with Crippen LogP contribution in [0, 0.1) is 6.92 Å². The minimum atomic E-state index is 0.232. The Bertz CT molecular complexity index is 844. The number of nitrogens with two attached hydrogens (primary N) is 1. The molecule has 0 amide bonds. The maximum atomic E-state index is 5.58. The highest BCUT2D eigenvalue weighted by molar-refractivity contribution is 5.82. The second kappa shape index (κ2) is 4.93. The fourth-order valence-electron chi connectivity index (χ4n) is 2.06. The van der Waals surface area contributed by atoms with Crippen LogP contribution in [0.25, 0.3) is 16.8 Å². The van der Waals surface area contributed by atoms with E-state index in [1.54, 1.807) is 16.9 Å². The van der Waals surface area contributed by atoms with Crippen molar-refractivity contribution in [2.24, 2.45) is 4.99 Å². The first-order chi connectivity index (χ1) is 10.0. The number of aliphatic imine (C=N–C) groups is 1. The average Bonchev–Trinajstić information content (AvgIpc) is 2.83. The zero-order valence-corrected chi connectivity index (χ0v) is 12.1. The maximum absolute atomic E-state index is 5.58. The van der Waals surface area contributed by atoms with Gasteiger partial charge in [-0.25, -0.2) is 24.5 Å². The highest BCUT2D eigenvalue weighted by Crippen LogP contribution is 2.25. The van der Waals surface area contributed by atoms with E-state index in [0.717, 1.165) is 28.2 Å². The minimum Gasteiger partial charge on any atom is -0.367 e. The van der Waals surface area contributed by atoms with E-state index in [0.29, 0.717) is 5.82 Å². The molecule has 106 valence electrons. The molecule has 0 aliphatic rings. The summed E-state index contributed by atoms with van der Waals surface area (Å²) in [5.41, 5.74) is 9.81. The third kappa shape index (κ3) is 2.45. The Morgan fingerprint density at radius 1 is 1.24 bits per heavy atom. The predicted octanol–water partition coefficient (Wildman–Crippen LogP) is 2.19. The number of aromatic nitrogens is 5. The molecule has 0 radical (unpaired) electrons. The average molecular weight is 281 g/mol. The SMILES string of the molecule is CC(C)=Nc1ncc(-c2ccn3nc(N)ncc23)nc1C. The number of hydrogen-bond acceptors (Lipinski definition) is 6. The molecule has 3 aromatic heterocycles. The lowest BCUT2D eigenvalue weighted by Crippen LogP contribution is -1.99. The first-order valence-corrected chi connectivity index (χ1v) is 6.50. The van der Waals surface area contributed by atoms with Crippen molar-refractivity contribution in [3.05, 3.63) is 30.4 Å². The zero-order valence-electron chi connectivity index (χ0n) is 12.1. The lowest BCUT2D eigenvalue weighted by atomic mass is 10.2. The predicted molar refractivity (Wildman–Crippen MR) is 81.6 cm³/mol.